The van der Waals surface area contributed by atoms with Crippen LogP contribution in [0.25, 0.3) is 0 Å². The lowest BCUT2D eigenvalue weighted by Gasteiger charge is -2.34. The normalized spacial score (nSPS) is 20.3. The van der Waals surface area contributed by atoms with Gasteiger partial charge in [-0.2, -0.15) is 0 Å². The minimum Gasteiger partial charge on any atom is -0.503 e. The first kappa shape index (κ1) is 24.1. The summed E-state index contributed by atoms with van der Waals surface area (Å²) in [5, 5.41) is 13.3. The van der Waals surface area contributed by atoms with Gasteiger partial charge in [0.1, 0.15) is 5.75 Å². The summed E-state index contributed by atoms with van der Waals surface area (Å²) >= 11 is 6.24. The van der Waals surface area contributed by atoms with Crippen molar-refractivity contribution < 1.29 is 24.2 Å². The van der Waals surface area contributed by atoms with E-state index in [1.54, 1.807) is 12.1 Å². The van der Waals surface area contributed by atoms with Gasteiger partial charge in [-0.1, -0.05) is 37.6 Å². The molecule has 1 aliphatic carbocycles. The summed E-state index contributed by atoms with van der Waals surface area (Å²) in [6, 6.07) is 11.1. The maximum Gasteiger partial charge on any atom is 0.225 e. The molecule has 2 unspecified atom stereocenters. The van der Waals surface area contributed by atoms with Crippen molar-refractivity contribution in [2.45, 2.75) is 51.9 Å². The predicted molar refractivity (Wildman–Crippen MR) is 131 cm³/mol. The van der Waals surface area contributed by atoms with Gasteiger partial charge in [-0.05, 0) is 60.6 Å². The Morgan fingerprint density at radius 2 is 1.79 bits per heavy atom. The molecule has 2 atom stereocenters. The molecule has 2 aromatic rings. The van der Waals surface area contributed by atoms with Gasteiger partial charge in [0.05, 0.1) is 18.2 Å². The summed E-state index contributed by atoms with van der Waals surface area (Å²) in [7, 11) is 0. The standard InChI is InChI=1S/C27H30ClNO5/c1-4-33-24-12-18(9-21(28)27(24)32)20-13-25(31)29-22-10-17(11-23(30)26(20)22)16-5-7-19(8-6-16)34-14-15(2)3/h5-9,12,15,17,20,32H,4,10-11,13-14H2,1-3H3,(H,29,31). The van der Waals surface area contributed by atoms with Crippen molar-refractivity contribution >= 4 is 23.3 Å². The van der Waals surface area contributed by atoms with Crippen molar-refractivity contribution in [3.05, 3.63) is 63.8 Å². The first-order valence-corrected chi connectivity index (χ1v) is 12.1. The molecule has 0 radical (unpaired) electrons. The molecule has 0 saturated carbocycles. The lowest BCUT2D eigenvalue weighted by atomic mass is 9.73. The molecule has 1 aliphatic heterocycles. The van der Waals surface area contributed by atoms with Crippen molar-refractivity contribution in [2.75, 3.05) is 13.2 Å². The lowest BCUT2D eigenvalue weighted by Crippen LogP contribution is -2.38. The maximum atomic E-state index is 13.4. The Hall–Kier alpha value is -2.99. The maximum absolute atomic E-state index is 13.4. The van der Waals surface area contributed by atoms with E-state index in [1.807, 2.05) is 31.2 Å². The van der Waals surface area contributed by atoms with Crippen molar-refractivity contribution in [3.63, 3.8) is 0 Å². The monoisotopic (exact) mass is 483 g/mol. The van der Waals surface area contributed by atoms with E-state index in [4.69, 9.17) is 21.1 Å². The summed E-state index contributed by atoms with van der Waals surface area (Å²) in [5.74, 6) is 0.775. The molecular weight excluding hydrogens is 454 g/mol. The van der Waals surface area contributed by atoms with Crippen molar-refractivity contribution in [1.29, 1.82) is 0 Å². The van der Waals surface area contributed by atoms with Crippen LogP contribution in [0.2, 0.25) is 5.02 Å². The second-order valence-corrected chi connectivity index (χ2v) is 9.69. The molecule has 6 nitrogen and oxygen atoms in total. The highest BCUT2D eigenvalue weighted by atomic mass is 35.5. The van der Waals surface area contributed by atoms with Crippen LogP contribution in [-0.2, 0) is 9.59 Å². The molecular formula is C27H30ClNO5. The molecule has 34 heavy (non-hydrogen) atoms. The zero-order valence-electron chi connectivity index (χ0n) is 19.7. The number of hydrogen-bond donors (Lipinski definition) is 2. The van der Waals surface area contributed by atoms with Crippen LogP contribution >= 0.6 is 11.6 Å². The number of ether oxygens (including phenoxy) is 2. The molecule has 7 heteroatoms. The smallest absolute Gasteiger partial charge is 0.225 e. The highest BCUT2D eigenvalue weighted by molar-refractivity contribution is 6.32. The van der Waals surface area contributed by atoms with Crippen LogP contribution in [0.3, 0.4) is 0 Å². The minimum absolute atomic E-state index is 0.0125. The molecule has 0 aromatic heterocycles. The quantitative estimate of drug-likeness (QED) is 0.544. The van der Waals surface area contributed by atoms with Crippen molar-refractivity contribution in [1.82, 2.24) is 5.32 Å². The second-order valence-electron chi connectivity index (χ2n) is 9.28. The average Bonchev–Trinajstić information content (AvgIpc) is 2.80. The van der Waals surface area contributed by atoms with E-state index in [1.165, 1.54) is 0 Å². The third-order valence-corrected chi connectivity index (χ3v) is 6.51. The number of carbonyl (C=O) groups excluding carboxylic acids is 2. The number of Topliss-reactive ketones (excluding diaryl/α,β-unsaturated/α-hetero) is 1. The van der Waals surface area contributed by atoms with E-state index in [0.717, 1.165) is 11.3 Å². The van der Waals surface area contributed by atoms with Gasteiger partial charge in [0, 0.05) is 30.0 Å². The van der Waals surface area contributed by atoms with E-state index in [9.17, 15) is 14.7 Å². The summed E-state index contributed by atoms with van der Waals surface area (Å²) < 4.78 is 11.3. The molecule has 1 heterocycles. The first-order chi connectivity index (χ1) is 16.3. The third-order valence-electron chi connectivity index (χ3n) is 6.22. The molecule has 2 aliphatic rings. The Kier molecular flexibility index (Phi) is 7.17. The fourth-order valence-corrected chi connectivity index (χ4v) is 4.86. The number of allylic oxidation sites excluding steroid dienone is 2. The Morgan fingerprint density at radius 1 is 1.06 bits per heavy atom. The van der Waals surface area contributed by atoms with E-state index >= 15 is 0 Å². The number of phenols is 1. The molecule has 0 fully saturated rings. The van der Waals surface area contributed by atoms with E-state index in [-0.39, 0.29) is 40.6 Å². The Bertz CT molecular complexity index is 1120. The number of carbonyl (C=O) groups is 2. The molecule has 0 saturated heterocycles. The zero-order chi connectivity index (χ0) is 24.4. The van der Waals surface area contributed by atoms with Gasteiger partial charge >= 0.3 is 0 Å². The van der Waals surface area contributed by atoms with Gasteiger partial charge in [0.15, 0.2) is 17.3 Å². The summed E-state index contributed by atoms with van der Waals surface area (Å²) in [6.45, 7) is 7.01. The zero-order valence-corrected chi connectivity index (χ0v) is 20.4. The molecule has 2 aromatic carbocycles. The molecule has 0 spiro atoms. The Balaban J connectivity index is 1.62. The number of benzene rings is 2. The van der Waals surface area contributed by atoms with E-state index in [2.05, 4.69) is 19.2 Å². The van der Waals surface area contributed by atoms with Crippen LogP contribution < -0.4 is 14.8 Å². The van der Waals surface area contributed by atoms with Crippen LogP contribution in [0, 0.1) is 5.92 Å². The fraction of sp³-hybridized carbons (Fsp3) is 0.407. The average molecular weight is 484 g/mol. The molecule has 180 valence electrons. The number of hydrogen-bond acceptors (Lipinski definition) is 5. The van der Waals surface area contributed by atoms with Gasteiger partial charge in [0.25, 0.3) is 0 Å². The molecule has 2 N–H and O–H groups in total. The van der Waals surface area contributed by atoms with Gasteiger partial charge in [-0.15, -0.1) is 0 Å². The first-order valence-electron chi connectivity index (χ1n) is 11.7. The molecule has 0 bridgehead atoms. The SMILES string of the molecule is CCOc1cc(C2CC(=O)NC3=C2C(=O)CC(c2ccc(OCC(C)C)cc2)C3)cc(Cl)c1O. The largest absolute Gasteiger partial charge is 0.503 e. The van der Waals surface area contributed by atoms with Crippen LogP contribution in [0.5, 0.6) is 17.2 Å². The number of halogens is 1. The number of aromatic hydroxyl groups is 1. The highest BCUT2D eigenvalue weighted by Crippen LogP contribution is 2.45. The van der Waals surface area contributed by atoms with Gasteiger partial charge in [-0.3, -0.25) is 9.59 Å². The van der Waals surface area contributed by atoms with Crippen molar-refractivity contribution in [3.8, 4) is 17.2 Å². The topological polar surface area (TPSA) is 84.9 Å². The molecule has 1 amide bonds. The summed E-state index contributed by atoms with van der Waals surface area (Å²) in [4.78, 5) is 26.0. The Morgan fingerprint density at radius 3 is 2.47 bits per heavy atom. The predicted octanol–water partition coefficient (Wildman–Crippen LogP) is 5.48. The van der Waals surface area contributed by atoms with Gasteiger partial charge < -0.3 is 19.9 Å². The van der Waals surface area contributed by atoms with Crippen LogP contribution in [0.4, 0.5) is 0 Å². The van der Waals surface area contributed by atoms with Gasteiger partial charge in [-0.25, -0.2) is 0 Å². The lowest BCUT2D eigenvalue weighted by molar-refractivity contribution is -0.122. The van der Waals surface area contributed by atoms with Crippen LogP contribution in [-0.4, -0.2) is 30.0 Å². The minimum atomic E-state index is -0.429. The highest BCUT2D eigenvalue weighted by Gasteiger charge is 2.38. The second kappa shape index (κ2) is 10.1. The van der Waals surface area contributed by atoms with E-state index in [0.29, 0.717) is 48.8 Å². The number of rotatable bonds is 7. The number of ketones is 1. The van der Waals surface area contributed by atoms with Crippen LogP contribution in [0.15, 0.2) is 47.7 Å². The number of amides is 1. The van der Waals surface area contributed by atoms with Crippen molar-refractivity contribution in [2.24, 2.45) is 5.92 Å². The Labute approximate surface area is 204 Å². The van der Waals surface area contributed by atoms with E-state index < -0.39 is 5.92 Å². The number of nitrogens with one attached hydrogen (secondary N) is 1. The third kappa shape index (κ3) is 5.07. The number of phenolic OH excluding ortho intramolecular Hbond substituents is 1. The van der Waals surface area contributed by atoms with Crippen LogP contribution in [0.1, 0.15) is 63.0 Å². The fourth-order valence-electron chi connectivity index (χ4n) is 4.64. The summed E-state index contributed by atoms with van der Waals surface area (Å²) in [5.41, 5.74) is 3.02. The summed E-state index contributed by atoms with van der Waals surface area (Å²) in [6.07, 6.45) is 1.07. The molecule has 4 rings (SSSR count). The van der Waals surface area contributed by atoms with Gasteiger partial charge in [0.2, 0.25) is 5.91 Å².